The van der Waals surface area contributed by atoms with Crippen molar-refractivity contribution in [3.63, 3.8) is 0 Å². The zero-order valence-electron chi connectivity index (χ0n) is 16.8. The largest absolute Gasteiger partial charge is 0.507 e. The molecule has 1 aromatic heterocycles. The summed E-state index contributed by atoms with van der Waals surface area (Å²) < 4.78 is 1.67. The number of Topliss-reactive ketones (excluding diaryl/α,β-unsaturated/α-hetero) is 1. The second-order valence-corrected chi connectivity index (χ2v) is 7.67. The number of anilines is 1. The smallest absolute Gasteiger partial charge is 0.300 e. The zero-order valence-corrected chi connectivity index (χ0v) is 17.5. The second-order valence-electron chi connectivity index (χ2n) is 7.23. The van der Waals surface area contributed by atoms with Crippen molar-refractivity contribution in [1.82, 2.24) is 9.78 Å². The Labute approximate surface area is 179 Å². The molecule has 3 aromatic rings. The number of aromatic nitrogens is 2. The van der Waals surface area contributed by atoms with Gasteiger partial charge < -0.3 is 5.11 Å². The molecule has 1 atom stereocenters. The molecular formula is C23H20ClN3O3. The van der Waals surface area contributed by atoms with Gasteiger partial charge in [0, 0.05) is 17.6 Å². The van der Waals surface area contributed by atoms with Gasteiger partial charge >= 0.3 is 0 Å². The molecule has 0 bridgehead atoms. The fraction of sp³-hybridized carbons (Fsp3) is 0.174. The number of ketones is 1. The van der Waals surface area contributed by atoms with Crippen molar-refractivity contribution in [2.24, 2.45) is 7.05 Å². The molecule has 2 heterocycles. The first kappa shape index (κ1) is 19.9. The van der Waals surface area contributed by atoms with Gasteiger partial charge in [0.25, 0.3) is 11.7 Å². The van der Waals surface area contributed by atoms with Crippen LogP contribution in [0.25, 0.3) is 5.76 Å². The number of benzene rings is 2. The Kier molecular flexibility index (Phi) is 4.95. The van der Waals surface area contributed by atoms with Crippen LogP contribution in [0.15, 0.2) is 60.2 Å². The van der Waals surface area contributed by atoms with Crippen LogP contribution in [0.4, 0.5) is 5.69 Å². The highest BCUT2D eigenvalue weighted by Crippen LogP contribution is 2.44. The van der Waals surface area contributed by atoms with E-state index in [0.29, 0.717) is 27.5 Å². The Balaban J connectivity index is 2.00. The van der Waals surface area contributed by atoms with Gasteiger partial charge in [0.15, 0.2) is 0 Å². The summed E-state index contributed by atoms with van der Waals surface area (Å²) in [6.45, 7) is 3.63. The van der Waals surface area contributed by atoms with Crippen molar-refractivity contribution in [2.45, 2.75) is 19.9 Å². The lowest BCUT2D eigenvalue weighted by molar-refractivity contribution is -0.132. The molecule has 4 rings (SSSR count). The third-order valence-corrected chi connectivity index (χ3v) is 5.64. The van der Waals surface area contributed by atoms with Crippen LogP contribution in [0.2, 0.25) is 5.02 Å². The number of hydrogen-bond acceptors (Lipinski definition) is 4. The third kappa shape index (κ3) is 3.09. The quantitative estimate of drug-likeness (QED) is 0.388. The number of hydrogen-bond donors (Lipinski definition) is 1. The lowest BCUT2D eigenvalue weighted by Gasteiger charge is -2.25. The van der Waals surface area contributed by atoms with E-state index < -0.39 is 17.7 Å². The highest BCUT2D eigenvalue weighted by atomic mass is 35.5. The first-order valence-corrected chi connectivity index (χ1v) is 9.81. The lowest BCUT2D eigenvalue weighted by atomic mass is 9.95. The minimum atomic E-state index is -0.802. The highest BCUT2D eigenvalue weighted by Gasteiger charge is 2.48. The fourth-order valence-corrected chi connectivity index (χ4v) is 4.01. The van der Waals surface area contributed by atoms with Crippen LogP contribution in [-0.2, 0) is 16.6 Å². The molecule has 1 fully saturated rings. The van der Waals surface area contributed by atoms with Gasteiger partial charge in [0.2, 0.25) is 0 Å². The third-order valence-electron chi connectivity index (χ3n) is 5.39. The summed E-state index contributed by atoms with van der Waals surface area (Å²) in [6.07, 6.45) is 0. The number of aliphatic hydroxyl groups is 1. The summed E-state index contributed by atoms with van der Waals surface area (Å²) >= 11 is 6.06. The van der Waals surface area contributed by atoms with Crippen molar-refractivity contribution in [3.05, 3.63) is 87.7 Å². The molecule has 1 saturated heterocycles. The Hall–Kier alpha value is -3.38. The summed E-state index contributed by atoms with van der Waals surface area (Å²) in [5, 5.41) is 16.0. The van der Waals surface area contributed by atoms with Crippen LogP contribution in [0.1, 0.15) is 28.6 Å². The van der Waals surface area contributed by atoms with Crippen LogP contribution < -0.4 is 4.90 Å². The van der Waals surface area contributed by atoms with E-state index >= 15 is 0 Å². The number of aryl methyl sites for hydroxylation is 2. The van der Waals surface area contributed by atoms with E-state index in [4.69, 9.17) is 11.6 Å². The molecule has 7 heteroatoms. The molecule has 0 aliphatic carbocycles. The van der Waals surface area contributed by atoms with Crippen molar-refractivity contribution < 1.29 is 14.7 Å². The van der Waals surface area contributed by atoms with E-state index in [1.54, 1.807) is 67.2 Å². The van der Waals surface area contributed by atoms with Crippen LogP contribution >= 0.6 is 11.6 Å². The van der Waals surface area contributed by atoms with Crippen molar-refractivity contribution >= 4 is 34.7 Å². The molecule has 6 nitrogen and oxygen atoms in total. The molecule has 1 amide bonds. The van der Waals surface area contributed by atoms with Gasteiger partial charge in [0.05, 0.1) is 28.7 Å². The molecule has 0 radical (unpaired) electrons. The van der Waals surface area contributed by atoms with E-state index in [1.165, 1.54) is 4.90 Å². The van der Waals surface area contributed by atoms with Crippen molar-refractivity contribution in [1.29, 1.82) is 0 Å². The van der Waals surface area contributed by atoms with Gasteiger partial charge in [-0.05, 0) is 31.5 Å². The Morgan fingerprint density at radius 3 is 2.23 bits per heavy atom. The number of carbonyl (C=O) groups excluding carboxylic acids is 2. The molecule has 1 N–H and O–H groups in total. The van der Waals surface area contributed by atoms with Crippen LogP contribution in [0.5, 0.6) is 0 Å². The average molecular weight is 422 g/mol. The molecular weight excluding hydrogens is 402 g/mol. The van der Waals surface area contributed by atoms with E-state index in [1.807, 2.05) is 13.0 Å². The Bertz CT molecular complexity index is 1180. The topological polar surface area (TPSA) is 75.4 Å². The standard InChI is InChI=1S/C23H20ClN3O3/c1-13-19(14(2)26(3)25-13)27-20(15-9-11-17(24)12-10-15)18(22(29)23(27)30)21(28)16-7-5-4-6-8-16/h4-12,20,28H,1-3H3. The van der Waals surface area contributed by atoms with Crippen LogP contribution in [-0.4, -0.2) is 26.6 Å². The Morgan fingerprint density at radius 2 is 1.67 bits per heavy atom. The predicted molar refractivity (Wildman–Crippen MR) is 115 cm³/mol. The normalized spacial score (nSPS) is 18.3. The van der Waals surface area contributed by atoms with E-state index in [-0.39, 0.29) is 11.3 Å². The minimum Gasteiger partial charge on any atom is -0.507 e. The first-order chi connectivity index (χ1) is 14.3. The van der Waals surface area contributed by atoms with Gasteiger partial charge in [0.1, 0.15) is 5.76 Å². The predicted octanol–water partition coefficient (Wildman–Crippen LogP) is 4.32. The average Bonchev–Trinajstić information content (AvgIpc) is 3.14. The number of halogens is 1. The highest BCUT2D eigenvalue weighted by molar-refractivity contribution is 6.51. The van der Waals surface area contributed by atoms with Gasteiger partial charge in [-0.2, -0.15) is 5.10 Å². The fourth-order valence-electron chi connectivity index (χ4n) is 3.89. The van der Waals surface area contributed by atoms with E-state index in [2.05, 4.69) is 5.10 Å². The SMILES string of the molecule is Cc1nn(C)c(C)c1N1C(=O)C(=O)C(=C(O)c2ccccc2)C1c1ccc(Cl)cc1. The monoisotopic (exact) mass is 421 g/mol. The van der Waals surface area contributed by atoms with Crippen LogP contribution in [0.3, 0.4) is 0 Å². The molecule has 0 saturated carbocycles. The van der Waals surface area contributed by atoms with Gasteiger partial charge in [-0.25, -0.2) is 0 Å². The molecule has 2 aromatic carbocycles. The first-order valence-electron chi connectivity index (χ1n) is 9.43. The zero-order chi connectivity index (χ0) is 21.6. The maximum Gasteiger partial charge on any atom is 0.300 e. The number of carbonyl (C=O) groups is 2. The van der Waals surface area contributed by atoms with Gasteiger partial charge in [-0.15, -0.1) is 0 Å². The van der Waals surface area contributed by atoms with Gasteiger partial charge in [-0.1, -0.05) is 54.1 Å². The molecule has 1 aliphatic rings. The minimum absolute atomic E-state index is 0.0381. The van der Waals surface area contributed by atoms with E-state index in [0.717, 1.165) is 5.69 Å². The maximum absolute atomic E-state index is 13.2. The second kappa shape index (κ2) is 7.46. The lowest BCUT2D eigenvalue weighted by Crippen LogP contribution is -2.30. The van der Waals surface area contributed by atoms with Gasteiger partial charge in [-0.3, -0.25) is 19.2 Å². The molecule has 1 aliphatic heterocycles. The summed E-state index contributed by atoms with van der Waals surface area (Å²) in [4.78, 5) is 27.7. The summed E-state index contributed by atoms with van der Waals surface area (Å²) in [6, 6.07) is 14.8. The van der Waals surface area contributed by atoms with Crippen molar-refractivity contribution in [2.75, 3.05) is 4.90 Å². The Morgan fingerprint density at radius 1 is 1.03 bits per heavy atom. The van der Waals surface area contributed by atoms with Crippen molar-refractivity contribution in [3.8, 4) is 0 Å². The number of amides is 1. The van der Waals surface area contributed by atoms with E-state index in [9.17, 15) is 14.7 Å². The van der Waals surface area contributed by atoms with Crippen LogP contribution in [0, 0.1) is 13.8 Å². The summed E-state index contributed by atoms with van der Waals surface area (Å²) in [5.74, 6) is -1.65. The molecule has 0 spiro atoms. The number of nitrogens with zero attached hydrogens (tertiary/aromatic N) is 3. The molecule has 30 heavy (non-hydrogen) atoms. The number of rotatable bonds is 3. The molecule has 1 unspecified atom stereocenters. The summed E-state index contributed by atoms with van der Waals surface area (Å²) in [7, 11) is 1.78. The maximum atomic E-state index is 13.2. The molecule has 152 valence electrons. The summed E-state index contributed by atoms with van der Waals surface area (Å²) in [5.41, 5.74) is 3.10. The number of aliphatic hydroxyl groups excluding tert-OH is 1.